The topological polar surface area (TPSA) is 78.4 Å². The van der Waals surface area contributed by atoms with Gasteiger partial charge in [0.25, 0.3) is 0 Å². The molecule has 21 heavy (non-hydrogen) atoms. The molecule has 0 bridgehead atoms. The lowest BCUT2D eigenvalue weighted by atomic mass is 9.96. The molecule has 0 aliphatic carbocycles. The number of aliphatic hydroxyl groups is 1. The van der Waals surface area contributed by atoms with Gasteiger partial charge in [-0.2, -0.15) is 0 Å². The van der Waals surface area contributed by atoms with Gasteiger partial charge in [-0.25, -0.2) is 4.79 Å². The van der Waals surface area contributed by atoms with Gasteiger partial charge in [-0.15, -0.1) is 0 Å². The smallest absolute Gasteiger partial charge is 0.314 e. The molecule has 1 rings (SSSR count). The van der Waals surface area contributed by atoms with Gasteiger partial charge in [-0.3, -0.25) is 4.21 Å². The summed E-state index contributed by atoms with van der Waals surface area (Å²) in [6, 6.07) is 6.52. The number of halogens is 1. The molecular weight excluding hydrogens is 312 g/mol. The van der Waals surface area contributed by atoms with Gasteiger partial charge in [0.15, 0.2) is 0 Å². The van der Waals surface area contributed by atoms with Crippen LogP contribution in [0.2, 0.25) is 5.02 Å². The van der Waals surface area contributed by atoms with Crippen molar-refractivity contribution in [1.29, 1.82) is 0 Å². The van der Waals surface area contributed by atoms with E-state index >= 15 is 0 Å². The maximum absolute atomic E-state index is 11.7. The molecule has 0 aromatic heterocycles. The first-order valence-electron chi connectivity index (χ1n) is 6.55. The van der Waals surface area contributed by atoms with Crippen LogP contribution >= 0.6 is 11.6 Å². The molecule has 1 aromatic carbocycles. The molecule has 7 heteroatoms. The molecule has 5 nitrogen and oxygen atoms in total. The van der Waals surface area contributed by atoms with Gasteiger partial charge in [-0.1, -0.05) is 29.8 Å². The Hall–Kier alpha value is -1.11. The summed E-state index contributed by atoms with van der Waals surface area (Å²) >= 11 is 6.04. The minimum absolute atomic E-state index is 0.0200. The molecule has 2 amide bonds. The zero-order valence-electron chi connectivity index (χ0n) is 12.4. The van der Waals surface area contributed by atoms with Crippen LogP contribution in [0.4, 0.5) is 4.79 Å². The fourth-order valence-corrected chi connectivity index (χ4v) is 2.32. The predicted octanol–water partition coefficient (Wildman–Crippen LogP) is 1.61. The maximum Gasteiger partial charge on any atom is 0.314 e. The van der Waals surface area contributed by atoms with Crippen molar-refractivity contribution in [3.05, 3.63) is 34.9 Å². The highest BCUT2D eigenvalue weighted by molar-refractivity contribution is 7.84. The van der Waals surface area contributed by atoms with Crippen LogP contribution in [-0.4, -0.2) is 39.9 Å². The van der Waals surface area contributed by atoms with Gasteiger partial charge in [0.05, 0.1) is 6.54 Å². The zero-order valence-corrected chi connectivity index (χ0v) is 13.9. The Balaban J connectivity index is 2.52. The Morgan fingerprint density at radius 3 is 2.62 bits per heavy atom. The quantitative estimate of drug-likeness (QED) is 0.740. The van der Waals surface area contributed by atoms with Crippen LogP contribution in [0.25, 0.3) is 0 Å². The third kappa shape index (κ3) is 5.65. The summed E-state index contributed by atoms with van der Waals surface area (Å²) < 4.78 is 11.2. The van der Waals surface area contributed by atoms with E-state index in [9.17, 15) is 14.1 Å². The second-order valence-corrected chi connectivity index (χ2v) is 7.34. The first-order chi connectivity index (χ1) is 9.74. The summed E-state index contributed by atoms with van der Waals surface area (Å²) in [6.45, 7) is 3.70. The van der Waals surface area contributed by atoms with Crippen molar-refractivity contribution in [1.82, 2.24) is 10.6 Å². The Morgan fingerprint density at radius 2 is 2.05 bits per heavy atom. The molecule has 0 saturated carbocycles. The lowest BCUT2D eigenvalue weighted by Crippen LogP contribution is -2.45. The second-order valence-electron chi connectivity index (χ2n) is 5.13. The summed E-state index contributed by atoms with van der Waals surface area (Å²) in [4.78, 5) is 11.7. The lowest BCUT2D eigenvalue weighted by Gasteiger charge is -2.25. The lowest BCUT2D eigenvalue weighted by molar-refractivity contribution is 0.0595. The number of nitrogens with one attached hydrogen (secondary N) is 2. The minimum atomic E-state index is -1.27. The standard InChI is InChI=1S/C14H21ClN2O3S/c1-10(21(3)20)8-16-13(18)17-9-14(2,19)11-6-4-5-7-12(11)15/h4-7,10,19H,8-9H2,1-3H3,(H2,16,17,18). The minimum Gasteiger partial charge on any atom is -0.384 e. The summed E-state index contributed by atoms with van der Waals surface area (Å²) in [6.07, 6.45) is 1.59. The van der Waals surface area contributed by atoms with Crippen LogP contribution in [0, 0.1) is 0 Å². The molecule has 0 aliphatic rings. The molecule has 118 valence electrons. The number of urea groups is 1. The van der Waals surface area contributed by atoms with Crippen molar-refractivity contribution in [2.45, 2.75) is 24.7 Å². The van der Waals surface area contributed by atoms with Gasteiger partial charge < -0.3 is 15.7 Å². The average molecular weight is 333 g/mol. The van der Waals surface area contributed by atoms with Crippen LogP contribution in [0.5, 0.6) is 0 Å². The maximum atomic E-state index is 11.7. The molecule has 3 atom stereocenters. The van der Waals surface area contributed by atoms with E-state index < -0.39 is 22.4 Å². The van der Waals surface area contributed by atoms with Gasteiger partial charge in [0, 0.05) is 39.4 Å². The van der Waals surface area contributed by atoms with E-state index in [4.69, 9.17) is 11.6 Å². The van der Waals surface area contributed by atoms with E-state index in [1.807, 2.05) is 0 Å². The Kier molecular flexibility index (Phi) is 6.64. The molecule has 1 aromatic rings. The zero-order chi connectivity index (χ0) is 16.0. The van der Waals surface area contributed by atoms with Crippen LogP contribution in [0.15, 0.2) is 24.3 Å². The molecule has 0 radical (unpaired) electrons. The monoisotopic (exact) mass is 332 g/mol. The summed E-state index contributed by atoms with van der Waals surface area (Å²) in [5.74, 6) is 0. The molecule has 0 saturated heterocycles. The number of rotatable bonds is 6. The Morgan fingerprint density at radius 1 is 1.43 bits per heavy atom. The molecule has 0 aliphatic heterocycles. The van der Waals surface area contributed by atoms with E-state index in [0.717, 1.165) is 0 Å². The number of carbonyl (C=O) groups is 1. The number of carbonyl (C=O) groups excluding carboxylic acids is 1. The molecular formula is C14H21ClN2O3S. The third-order valence-electron chi connectivity index (χ3n) is 3.16. The predicted molar refractivity (Wildman–Crippen MR) is 86.0 cm³/mol. The van der Waals surface area contributed by atoms with Crippen molar-refractivity contribution in [2.24, 2.45) is 0 Å². The van der Waals surface area contributed by atoms with Crippen LogP contribution in [-0.2, 0) is 16.4 Å². The van der Waals surface area contributed by atoms with Gasteiger partial charge in [-0.05, 0) is 19.9 Å². The normalized spacial score (nSPS) is 16.6. The molecule has 3 N–H and O–H groups in total. The van der Waals surface area contributed by atoms with Gasteiger partial charge in [0.2, 0.25) is 0 Å². The highest BCUT2D eigenvalue weighted by atomic mass is 35.5. The van der Waals surface area contributed by atoms with Gasteiger partial charge in [0.1, 0.15) is 5.60 Å². The van der Waals surface area contributed by atoms with E-state index in [1.54, 1.807) is 44.4 Å². The van der Waals surface area contributed by atoms with Crippen LogP contribution in [0.3, 0.4) is 0 Å². The molecule has 0 heterocycles. The highest BCUT2D eigenvalue weighted by Crippen LogP contribution is 2.26. The molecule has 0 fully saturated rings. The van der Waals surface area contributed by atoms with Crippen molar-refractivity contribution in [3.63, 3.8) is 0 Å². The number of amides is 2. The fraction of sp³-hybridized carbons (Fsp3) is 0.500. The summed E-state index contributed by atoms with van der Waals surface area (Å²) in [7, 11) is -0.990. The van der Waals surface area contributed by atoms with E-state index in [1.165, 1.54) is 0 Å². The Labute approximate surface area is 132 Å². The van der Waals surface area contributed by atoms with Crippen molar-refractivity contribution in [2.75, 3.05) is 19.3 Å². The Bertz CT molecular complexity index is 523. The number of hydrogen-bond donors (Lipinski definition) is 3. The van der Waals surface area contributed by atoms with E-state index in [2.05, 4.69) is 10.6 Å². The SMILES string of the molecule is CC(CNC(=O)NCC(C)(O)c1ccccc1Cl)S(C)=O. The van der Waals surface area contributed by atoms with Crippen LogP contribution < -0.4 is 10.6 Å². The molecule has 3 unspecified atom stereocenters. The first kappa shape index (κ1) is 17.9. The number of benzene rings is 1. The highest BCUT2D eigenvalue weighted by Gasteiger charge is 2.26. The van der Waals surface area contributed by atoms with Crippen molar-refractivity contribution in [3.8, 4) is 0 Å². The molecule has 0 spiro atoms. The second kappa shape index (κ2) is 7.77. The van der Waals surface area contributed by atoms with Gasteiger partial charge >= 0.3 is 6.03 Å². The largest absolute Gasteiger partial charge is 0.384 e. The van der Waals surface area contributed by atoms with Crippen molar-refractivity contribution >= 4 is 28.4 Å². The van der Waals surface area contributed by atoms with E-state index in [-0.39, 0.29) is 11.8 Å². The fourth-order valence-electron chi connectivity index (χ4n) is 1.66. The third-order valence-corrected chi connectivity index (χ3v) is 4.79. The van der Waals surface area contributed by atoms with Crippen molar-refractivity contribution < 1.29 is 14.1 Å². The average Bonchev–Trinajstić information content (AvgIpc) is 2.42. The number of hydrogen-bond acceptors (Lipinski definition) is 3. The summed E-state index contributed by atoms with van der Waals surface area (Å²) in [5.41, 5.74) is -0.718. The van der Waals surface area contributed by atoms with E-state index in [0.29, 0.717) is 17.1 Å². The van der Waals surface area contributed by atoms with Crippen LogP contribution in [0.1, 0.15) is 19.4 Å². The first-order valence-corrected chi connectivity index (χ1v) is 8.55. The summed E-state index contributed by atoms with van der Waals surface area (Å²) in [5, 5.41) is 15.9.